The molecule has 2 aromatic rings. The first-order valence-electron chi connectivity index (χ1n) is 8.30. The Bertz CT molecular complexity index is 712. The summed E-state index contributed by atoms with van der Waals surface area (Å²) in [4.78, 5) is 6.98. The molecular formula is C18H22N2O3. The lowest BCUT2D eigenvalue weighted by Gasteiger charge is -2.38. The summed E-state index contributed by atoms with van der Waals surface area (Å²) in [5.74, 6) is 1.34. The van der Waals surface area contributed by atoms with Crippen molar-refractivity contribution >= 4 is 0 Å². The molecule has 1 unspecified atom stereocenters. The maximum atomic E-state index is 9.13. The van der Waals surface area contributed by atoms with Crippen molar-refractivity contribution in [3.63, 3.8) is 0 Å². The molecule has 4 heterocycles. The maximum absolute atomic E-state index is 9.13. The van der Waals surface area contributed by atoms with Crippen LogP contribution >= 0.6 is 0 Å². The van der Waals surface area contributed by atoms with Gasteiger partial charge < -0.3 is 14.3 Å². The number of rotatable bonds is 3. The van der Waals surface area contributed by atoms with Crippen LogP contribution in [0.15, 0.2) is 29.0 Å². The predicted octanol–water partition coefficient (Wildman–Crippen LogP) is 2.62. The first-order valence-corrected chi connectivity index (χ1v) is 8.30. The van der Waals surface area contributed by atoms with Gasteiger partial charge in [0, 0.05) is 35.9 Å². The van der Waals surface area contributed by atoms with Gasteiger partial charge in [-0.15, -0.1) is 0 Å². The van der Waals surface area contributed by atoms with E-state index in [1.807, 2.05) is 12.3 Å². The van der Waals surface area contributed by atoms with Gasteiger partial charge in [-0.2, -0.15) is 0 Å². The van der Waals surface area contributed by atoms with Gasteiger partial charge in [-0.3, -0.25) is 4.90 Å². The number of aliphatic hydroxyl groups is 1. The summed E-state index contributed by atoms with van der Waals surface area (Å²) in [7, 11) is 0. The van der Waals surface area contributed by atoms with E-state index >= 15 is 0 Å². The van der Waals surface area contributed by atoms with Gasteiger partial charge in [0.15, 0.2) is 0 Å². The maximum Gasteiger partial charge on any atom is 0.217 e. The van der Waals surface area contributed by atoms with Crippen molar-refractivity contribution in [2.45, 2.75) is 38.4 Å². The minimum Gasteiger partial charge on any atom is -0.469 e. The van der Waals surface area contributed by atoms with Crippen molar-refractivity contribution in [1.82, 2.24) is 9.88 Å². The molecule has 5 nitrogen and oxygen atoms in total. The van der Waals surface area contributed by atoms with Crippen LogP contribution in [0.1, 0.15) is 31.1 Å². The summed E-state index contributed by atoms with van der Waals surface area (Å²) in [5.41, 5.74) is 3.03. The van der Waals surface area contributed by atoms with Crippen LogP contribution in [0.5, 0.6) is 5.88 Å². The number of likely N-dealkylation sites (N-methyl/N-ethyl adjacent to an activating group) is 1. The normalized spacial score (nSPS) is 23.9. The third-order valence-corrected chi connectivity index (χ3v) is 4.96. The average Bonchev–Trinajstić information content (AvgIpc) is 3.18. The van der Waals surface area contributed by atoms with Gasteiger partial charge in [0.2, 0.25) is 5.88 Å². The molecule has 5 heteroatoms. The van der Waals surface area contributed by atoms with Crippen LogP contribution < -0.4 is 4.74 Å². The number of likely N-dealkylation sites (tertiary alicyclic amines) is 1. The first-order chi connectivity index (χ1) is 11.2. The van der Waals surface area contributed by atoms with Gasteiger partial charge in [0.05, 0.1) is 6.26 Å². The van der Waals surface area contributed by atoms with Crippen LogP contribution in [0.4, 0.5) is 0 Å². The Morgan fingerprint density at radius 3 is 3.04 bits per heavy atom. The van der Waals surface area contributed by atoms with Crippen molar-refractivity contribution in [2.24, 2.45) is 0 Å². The van der Waals surface area contributed by atoms with Crippen LogP contribution in [0.25, 0.3) is 11.1 Å². The highest BCUT2D eigenvalue weighted by Crippen LogP contribution is 2.40. The predicted molar refractivity (Wildman–Crippen MR) is 86.3 cm³/mol. The van der Waals surface area contributed by atoms with Gasteiger partial charge >= 0.3 is 0 Å². The molecule has 0 amide bonds. The molecular weight excluding hydrogens is 292 g/mol. The van der Waals surface area contributed by atoms with E-state index < -0.39 is 0 Å². The smallest absolute Gasteiger partial charge is 0.217 e. The fraction of sp³-hybridized carbons (Fsp3) is 0.500. The van der Waals surface area contributed by atoms with E-state index in [1.165, 1.54) is 12.0 Å². The molecule has 1 saturated heterocycles. The molecule has 0 aliphatic carbocycles. The Morgan fingerprint density at radius 2 is 2.26 bits per heavy atom. The van der Waals surface area contributed by atoms with Gasteiger partial charge in [0.1, 0.15) is 18.0 Å². The molecule has 122 valence electrons. The van der Waals surface area contributed by atoms with E-state index in [1.54, 1.807) is 6.26 Å². The molecule has 0 radical (unpaired) electrons. The van der Waals surface area contributed by atoms with Crippen LogP contribution in [0.2, 0.25) is 0 Å². The molecule has 1 spiro atoms. The second-order valence-corrected chi connectivity index (χ2v) is 6.58. The Balaban J connectivity index is 1.59. The lowest BCUT2D eigenvalue weighted by atomic mass is 9.88. The number of ether oxygens (including phenoxy) is 1. The van der Waals surface area contributed by atoms with Gasteiger partial charge in [-0.05, 0) is 38.1 Å². The van der Waals surface area contributed by atoms with E-state index in [9.17, 15) is 0 Å². The number of furan rings is 1. The molecule has 2 aliphatic heterocycles. The lowest BCUT2D eigenvalue weighted by Crippen LogP contribution is -2.51. The van der Waals surface area contributed by atoms with Crippen molar-refractivity contribution in [1.29, 1.82) is 0 Å². The second-order valence-electron chi connectivity index (χ2n) is 6.58. The standard InChI is InChI=1S/C18H22N2O3/c1-2-20-5-3-4-18(12-20)8-13-6-14(9-19-17(13)23-18)15-7-16(10-21)22-11-15/h6-7,9,11,21H,2-5,8,10,12H2,1H3. The number of aromatic nitrogens is 1. The first kappa shape index (κ1) is 14.7. The zero-order valence-electron chi connectivity index (χ0n) is 13.4. The van der Waals surface area contributed by atoms with Crippen molar-refractivity contribution in [3.05, 3.63) is 35.9 Å². The van der Waals surface area contributed by atoms with Gasteiger partial charge in [-0.1, -0.05) is 6.92 Å². The zero-order chi connectivity index (χ0) is 15.9. The summed E-state index contributed by atoms with van der Waals surface area (Å²) in [6.07, 6.45) is 6.68. The van der Waals surface area contributed by atoms with E-state index in [2.05, 4.69) is 22.9 Å². The summed E-state index contributed by atoms with van der Waals surface area (Å²) in [6, 6.07) is 4.00. The molecule has 0 bridgehead atoms. The number of aliphatic hydroxyl groups excluding tert-OH is 1. The molecule has 2 aromatic heterocycles. The minimum atomic E-state index is -0.102. The second kappa shape index (κ2) is 5.65. The van der Waals surface area contributed by atoms with Crippen LogP contribution in [0, 0.1) is 0 Å². The fourth-order valence-corrected chi connectivity index (χ4v) is 3.77. The minimum absolute atomic E-state index is 0.0859. The number of fused-ring (bicyclic) bond motifs is 1. The zero-order valence-corrected chi connectivity index (χ0v) is 13.4. The third kappa shape index (κ3) is 2.64. The number of pyridine rings is 1. The topological polar surface area (TPSA) is 58.7 Å². The van der Waals surface area contributed by atoms with Crippen molar-refractivity contribution < 1.29 is 14.3 Å². The quantitative estimate of drug-likeness (QED) is 0.944. The third-order valence-electron chi connectivity index (χ3n) is 4.96. The van der Waals surface area contributed by atoms with E-state index in [-0.39, 0.29) is 12.2 Å². The van der Waals surface area contributed by atoms with E-state index in [4.69, 9.17) is 14.3 Å². The Kier molecular flexibility index (Phi) is 3.62. The van der Waals surface area contributed by atoms with Crippen LogP contribution in [0.3, 0.4) is 0 Å². The van der Waals surface area contributed by atoms with Crippen molar-refractivity contribution in [3.8, 4) is 17.0 Å². The van der Waals surface area contributed by atoms with E-state index in [0.717, 1.165) is 49.5 Å². The fourth-order valence-electron chi connectivity index (χ4n) is 3.77. The van der Waals surface area contributed by atoms with Crippen LogP contribution in [-0.4, -0.2) is 40.2 Å². The Morgan fingerprint density at radius 1 is 1.35 bits per heavy atom. The number of nitrogens with zero attached hydrogens (tertiary/aromatic N) is 2. The summed E-state index contributed by atoms with van der Waals surface area (Å²) < 4.78 is 11.6. The summed E-state index contributed by atoms with van der Waals surface area (Å²) >= 11 is 0. The Labute approximate surface area is 135 Å². The molecule has 2 aliphatic rings. The van der Waals surface area contributed by atoms with Gasteiger partial charge in [-0.25, -0.2) is 4.98 Å². The number of hydrogen-bond donors (Lipinski definition) is 1. The monoisotopic (exact) mass is 314 g/mol. The van der Waals surface area contributed by atoms with Crippen LogP contribution in [-0.2, 0) is 13.0 Å². The molecule has 23 heavy (non-hydrogen) atoms. The average molecular weight is 314 g/mol. The number of piperidine rings is 1. The van der Waals surface area contributed by atoms with Gasteiger partial charge in [0.25, 0.3) is 0 Å². The Hall–Kier alpha value is -1.85. The molecule has 0 saturated carbocycles. The molecule has 1 atom stereocenters. The largest absolute Gasteiger partial charge is 0.469 e. The SMILES string of the molecule is CCN1CCCC2(Cc3cc(-c4coc(CO)c4)cnc3O2)C1. The summed E-state index contributed by atoms with van der Waals surface area (Å²) in [6.45, 7) is 5.33. The molecule has 0 aromatic carbocycles. The molecule has 4 rings (SSSR count). The molecule has 1 N–H and O–H groups in total. The highest BCUT2D eigenvalue weighted by Gasteiger charge is 2.43. The number of hydrogen-bond acceptors (Lipinski definition) is 5. The summed E-state index contributed by atoms with van der Waals surface area (Å²) in [5, 5.41) is 9.13. The lowest BCUT2D eigenvalue weighted by molar-refractivity contribution is 0.00781. The highest BCUT2D eigenvalue weighted by atomic mass is 16.5. The highest BCUT2D eigenvalue weighted by molar-refractivity contribution is 5.64. The van der Waals surface area contributed by atoms with Crippen molar-refractivity contribution in [2.75, 3.05) is 19.6 Å². The molecule has 1 fully saturated rings. The van der Waals surface area contributed by atoms with E-state index in [0.29, 0.717) is 5.76 Å².